The monoisotopic (exact) mass is 318 g/mol. The van der Waals surface area contributed by atoms with Crippen molar-refractivity contribution in [1.82, 2.24) is 19.4 Å². The van der Waals surface area contributed by atoms with E-state index in [1.165, 1.54) is 35.9 Å². The fourth-order valence-corrected chi connectivity index (χ4v) is 2.54. The lowest BCUT2D eigenvalue weighted by atomic mass is 10.1. The maximum Gasteiger partial charge on any atom is 0.417 e. The summed E-state index contributed by atoms with van der Waals surface area (Å²) in [5.41, 5.74) is 0.661. The van der Waals surface area contributed by atoms with E-state index in [0.717, 1.165) is 6.07 Å². The minimum atomic E-state index is -4.45. The molecule has 0 saturated carbocycles. The number of alkyl halides is 3. The molecule has 5 nitrogen and oxygen atoms in total. The topological polar surface area (TPSA) is 56.2 Å². The zero-order valence-electron chi connectivity index (χ0n) is 11.8. The average Bonchev–Trinajstić information content (AvgIpc) is 3.14. The molecule has 0 amide bonds. The van der Waals surface area contributed by atoms with Crippen LogP contribution >= 0.6 is 0 Å². The van der Waals surface area contributed by atoms with E-state index in [-0.39, 0.29) is 16.7 Å². The van der Waals surface area contributed by atoms with Crippen molar-refractivity contribution in [2.24, 2.45) is 0 Å². The number of fused-ring (bicyclic) bond motifs is 3. The molecule has 0 aliphatic heterocycles. The van der Waals surface area contributed by atoms with Crippen LogP contribution in [0.4, 0.5) is 13.2 Å². The van der Waals surface area contributed by atoms with Crippen LogP contribution in [0, 0.1) is 6.92 Å². The molecule has 0 aliphatic carbocycles. The summed E-state index contributed by atoms with van der Waals surface area (Å²) in [6.45, 7) is 1.53. The van der Waals surface area contributed by atoms with Crippen LogP contribution in [-0.2, 0) is 6.18 Å². The number of rotatable bonds is 1. The number of hydrogen-bond donors (Lipinski definition) is 0. The Labute approximate surface area is 127 Å². The number of halogens is 3. The number of pyridine rings is 2. The van der Waals surface area contributed by atoms with Crippen LogP contribution in [0.15, 0.2) is 41.3 Å². The molecule has 0 N–H and O–H groups in total. The summed E-state index contributed by atoms with van der Waals surface area (Å²) in [5, 5.41) is 0.0203. The van der Waals surface area contributed by atoms with Gasteiger partial charge in [0, 0.05) is 17.3 Å². The van der Waals surface area contributed by atoms with Crippen molar-refractivity contribution in [3.8, 4) is 11.6 Å². The molecule has 0 unspecified atom stereocenters. The Kier molecular flexibility index (Phi) is 2.72. The van der Waals surface area contributed by atoms with Gasteiger partial charge in [-0.1, -0.05) is 0 Å². The highest BCUT2D eigenvalue weighted by molar-refractivity contribution is 5.83. The van der Waals surface area contributed by atoms with Crippen LogP contribution in [0.2, 0.25) is 0 Å². The summed E-state index contributed by atoms with van der Waals surface area (Å²) < 4.78 is 46.4. The van der Waals surface area contributed by atoms with Gasteiger partial charge in [0.1, 0.15) is 23.3 Å². The van der Waals surface area contributed by atoms with Crippen LogP contribution in [0.3, 0.4) is 0 Å². The Bertz CT molecular complexity index is 1020. The minimum Gasteiger partial charge on any atom is -0.443 e. The lowest BCUT2D eigenvalue weighted by Crippen LogP contribution is -2.08. The molecular formula is C15H9F3N4O. The molecule has 0 bridgehead atoms. The van der Waals surface area contributed by atoms with E-state index in [2.05, 4.69) is 15.0 Å². The van der Waals surface area contributed by atoms with Gasteiger partial charge < -0.3 is 4.42 Å². The number of aryl methyl sites for hydroxylation is 1. The van der Waals surface area contributed by atoms with Gasteiger partial charge in [0.25, 0.3) is 0 Å². The van der Waals surface area contributed by atoms with Crippen molar-refractivity contribution in [3.63, 3.8) is 0 Å². The van der Waals surface area contributed by atoms with Crippen molar-refractivity contribution in [2.75, 3.05) is 0 Å². The first kappa shape index (κ1) is 13.7. The van der Waals surface area contributed by atoms with E-state index in [9.17, 15) is 13.2 Å². The maximum absolute atomic E-state index is 13.2. The van der Waals surface area contributed by atoms with E-state index in [1.54, 1.807) is 6.20 Å². The molecule has 4 aromatic rings. The van der Waals surface area contributed by atoms with E-state index in [4.69, 9.17) is 4.42 Å². The smallest absolute Gasteiger partial charge is 0.417 e. The average molecular weight is 318 g/mol. The van der Waals surface area contributed by atoms with Gasteiger partial charge in [0.2, 0.25) is 5.89 Å². The highest BCUT2D eigenvalue weighted by atomic mass is 19.4. The molecule has 0 radical (unpaired) electrons. The third-order valence-corrected chi connectivity index (χ3v) is 3.48. The normalized spacial score (nSPS) is 12.3. The first-order valence-corrected chi connectivity index (χ1v) is 6.70. The molecule has 0 aliphatic rings. The van der Waals surface area contributed by atoms with Gasteiger partial charge in [0.15, 0.2) is 0 Å². The second-order valence-electron chi connectivity index (χ2n) is 5.07. The van der Waals surface area contributed by atoms with Gasteiger partial charge in [-0.3, -0.25) is 4.40 Å². The fraction of sp³-hybridized carbons (Fsp3) is 0.133. The Morgan fingerprint density at radius 3 is 2.70 bits per heavy atom. The quantitative estimate of drug-likeness (QED) is 0.535. The fourth-order valence-electron chi connectivity index (χ4n) is 2.54. The lowest BCUT2D eigenvalue weighted by molar-refractivity contribution is -0.136. The second-order valence-corrected chi connectivity index (χ2v) is 5.07. The molecule has 116 valence electrons. The summed E-state index contributed by atoms with van der Waals surface area (Å²) in [6.07, 6.45) is -0.00901. The van der Waals surface area contributed by atoms with Gasteiger partial charge in [0.05, 0.1) is 11.8 Å². The summed E-state index contributed by atoms with van der Waals surface area (Å²) in [7, 11) is 0. The van der Waals surface area contributed by atoms with Crippen LogP contribution < -0.4 is 0 Å². The molecule has 0 spiro atoms. The van der Waals surface area contributed by atoms with Crippen molar-refractivity contribution < 1.29 is 17.6 Å². The standard InChI is InChI=1S/C15H9F3N4O/c1-8-6-10(15(16,17)18)9-2-3-12-21-11(14-19-4-5-23-14)7-22(12)13(9)20-8/h2-7H,1H3. The van der Waals surface area contributed by atoms with Crippen LogP contribution in [0.25, 0.3) is 28.3 Å². The third kappa shape index (κ3) is 2.14. The molecule has 0 saturated heterocycles. The molecule has 4 aromatic heterocycles. The van der Waals surface area contributed by atoms with Crippen molar-refractivity contribution >= 4 is 16.7 Å². The zero-order chi connectivity index (χ0) is 16.2. The van der Waals surface area contributed by atoms with Crippen LogP contribution in [0.5, 0.6) is 0 Å². The van der Waals surface area contributed by atoms with E-state index in [1.807, 2.05) is 0 Å². The number of nitrogens with zero attached hydrogens (tertiary/aromatic N) is 4. The highest BCUT2D eigenvalue weighted by Crippen LogP contribution is 2.35. The predicted molar refractivity (Wildman–Crippen MR) is 75.7 cm³/mol. The largest absolute Gasteiger partial charge is 0.443 e. The molecule has 4 heterocycles. The van der Waals surface area contributed by atoms with Gasteiger partial charge in [-0.2, -0.15) is 13.2 Å². The Morgan fingerprint density at radius 1 is 1.17 bits per heavy atom. The summed E-state index contributed by atoms with van der Waals surface area (Å²) in [6, 6.07) is 3.94. The first-order valence-electron chi connectivity index (χ1n) is 6.70. The minimum absolute atomic E-state index is 0.0203. The maximum atomic E-state index is 13.2. The highest BCUT2D eigenvalue weighted by Gasteiger charge is 2.33. The van der Waals surface area contributed by atoms with Crippen molar-refractivity contribution in [2.45, 2.75) is 13.1 Å². The van der Waals surface area contributed by atoms with Gasteiger partial charge in [-0.25, -0.2) is 15.0 Å². The Balaban J connectivity index is 2.07. The Hall–Kier alpha value is -2.90. The van der Waals surface area contributed by atoms with Crippen molar-refractivity contribution in [3.05, 3.63) is 48.1 Å². The van der Waals surface area contributed by atoms with Crippen LogP contribution in [-0.4, -0.2) is 19.4 Å². The first-order chi connectivity index (χ1) is 10.9. The number of aromatic nitrogens is 4. The molecular weight excluding hydrogens is 309 g/mol. The van der Waals surface area contributed by atoms with Gasteiger partial charge in [-0.05, 0) is 25.1 Å². The summed E-state index contributed by atoms with van der Waals surface area (Å²) >= 11 is 0. The summed E-state index contributed by atoms with van der Waals surface area (Å²) in [5.74, 6) is 0.297. The van der Waals surface area contributed by atoms with E-state index >= 15 is 0 Å². The van der Waals surface area contributed by atoms with E-state index in [0.29, 0.717) is 17.2 Å². The predicted octanol–water partition coefficient (Wildman–Crippen LogP) is 3.86. The van der Waals surface area contributed by atoms with E-state index < -0.39 is 11.7 Å². The van der Waals surface area contributed by atoms with Crippen molar-refractivity contribution in [1.29, 1.82) is 0 Å². The number of oxazole rings is 1. The molecule has 23 heavy (non-hydrogen) atoms. The van der Waals surface area contributed by atoms with Gasteiger partial charge in [-0.15, -0.1) is 0 Å². The van der Waals surface area contributed by atoms with Crippen LogP contribution in [0.1, 0.15) is 11.3 Å². The molecule has 4 rings (SSSR count). The number of hydrogen-bond acceptors (Lipinski definition) is 4. The zero-order valence-corrected chi connectivity index (χ0v) is 11.8. The molecule has 0 fully saturated rings. The molecule has 0 aromatic carbocycles. The van der Waals surface area contributed by atoms with Gasteiger partial charge >= 0.3 is 6.18 Å². The third-order valence-electron chi connectivity index (χ3n) is 3.48. The summed E-state index contributed by atoms with van der Waals surface area (Å²) in [4.78, 5) is 12.6. The molecule has 8 heteroatoms. The number of imidazole rings is 1. The second kappa shape index (κ2) is 4.55. The lowest BCUT2D eigenvalue weighted by Gasteiger charge is -2.11. The molecule has 0 atom stereocenters. The SMILES string of the molecule is Cc1cc(C(F)(F)F)c2ccc3nc(-c4ncco4)cn3c2n1. The Morgan fingerprint density at radius 2 is 2.00 bits per heavy atom.